The van der Waals surface area contributed by atoms with E-state index in [2.05, 4.69) is 58.9 Å². The summed E-state index contributed by atoms with van der Waals surface area (Å²) in [6.07, 6.45) is 0.801. The van der Waals surface area contributed by atoms with Gasteiger partial charge in [0.25, 0.3) is 0 Å². The lowest BCUT2D eigenvalue weighted by Crippen LogP contribution is -2.07. The van der Waals surface area contributed by atoms with Gasteiger partial charge in [0, 0.05) is 12.5 Å². The Hall–Kier alpha value is -2.16. The van der Waals surface area contributed by atoms with Crippen LogP contribution in [-0.2, 0) is 6.42 Å². The molecule has 0 aromatic heterocycles. The first-order chi connectivity index (χ1) is 12.4. The molecule has 0 unspecified atom stereocenters. The van der Waals surface area contributed by atoms with Crippen LogP contribution in [-0.4, -0.2) is 20.3 Å². The van der Waals surface area contributed by atoms with Crippen molar-refractivity contribution < 1.29 is 14.2 Å². The smallest absolute Gasteiger partial charge is 0.126 e. The summed E-state index contributed by atoms with van der Waals surface area (Å²) in [5.74, 6) is 3.66. The second-order valence-electron chi connectivity index (χ2n) is 7.66. The van der Waals surface area contributed by atoms with Gasteiger partial charge in [-0.05, 0) is 47.6 Å². The van der Waals surface area contributed by atoms with Gasteiger partial charge in [0.05, 0.1) is 20.3 Å². The lowest BCUT2D eigenvalue weighted by molar-refractivity contribution is 0.267. The van der Waals surface area contributed by atoms with Crippen LogP contribution in [0.15, 0.2) is 36.4 Å². The van der Waals surface area contributed by atoms with Gasteiger partial charge < -0.3 is 14.2 Å². The molecule has 0 fully saturated rings. The minimum absolute atomic E-state index is 0.476. The maximum atomic E-state index is 6.03. The van der Waals surface area contributed by atoms with Crippen molar-refractivity contribution in [3.63, 3.8) is 0 Å². The minimum atomic E-state index is 0.476. The second-order valence-corrected chi connectivity index (χ2v) is 7.66. The van der Waals surface area contributed by atoms with Crippen LogP contribution < -0.4 is 14.2 Å². The van der Waals surface area contributed by atoms with Crippen LogP contribution in [0, 0.1) is 18.8 Å². The Bertz CT molecular complexity index is 705. The Labute approximate surface area is 158 Å². The Morgan fingerprint density at radius 3 is 2.08 bits per heavy atom. The minimum Gasteiger partial charge on any atom is -0.497 e. The van der Waals surface area contributed by atoms with E-state index in [9.17, 15) is 0 Å². The third kappa shape index (κ3) is 5.98. The molecule has 2 aromatic carbocycles. The highest BCUT2D eigenvalue weighted by molar-refractivity contribution is 5.45. The van der Waals surface area contributed by atoms with Crippen molar-refractivity contribution in [3.05, 3.63) is 53.1 Å². The van der Waals surface area contributed by atoms with Gasteiger partial charge >= 0.3 is 0 Å². The number of hydrogen-bond acceptors (Lipinski definition) is 3. The summed E-state index contributed by atoms with van der Waals surface area (Å²) in [6, 6.07) is 12.5. The number of aryl methyl sites for hydroxylation is 1. The topological polar surface area (TPSA) is 27.7 Å². The predicted molar refractivity (Wildman–Crippen MR) is 108 cm³/mol. The Balaban J connectivity index is 2.22. The van der Waals surface area contributed by atoms with Crippen LogP contribution in [0.25, 0.3) is 0 Å². The molecule has 3 nitrogen and oxygen atoms in total. The SMILES string of the molecule is COc1ccc(Cc2ccc(C)c(OCC(C)C)c2)c(OCC(C)C)c1. The van der Waals surface area contributed by atoms with Gasteiger partial charge in [0.1, 0.15) is 17.2 Å². The van der Waals surface area contributed by atoms with Crippen LogP contribution in [0.2, 0.25) is 0 Å². The first-order valence-electron chi connectivity index (χ1n) is 9.41. The third-order valence-electron chi connectivity index (χ3n) is 4.07. The summed E-state index contributed by atoms with van der Waals surface area (Å²) >= 11 is 0. The van der Waals surface area contributed by atoms with E-state index in [1.54, 1.807) is 7.11 Å². The van der Waals surface area contributed by atoms with Crippen LogP contribution >= 0.6 is 0 Å². The summed E-state index contributed by atoms with van der Waals surface area (Å²) < 4.78 is 17.4. The van der Waals surface area contributed by atoms with Gasteiger partial charge in [-0.3, -0.25) is 0 Å². The quantitative estimate of drug-likeness (QED) is 0.580. The predicted octanol–water partition coefficient (Wildman–Crippen LogP) is 5.66. The number of benzene rings is 2. The van der Waals surface area contributed by atoms with Crippen molar-refractivity contribution in [2.75, 3.05) is 20.3 Å². The van der Waals surface area contributed by atoms with E-state index in [0.717, 1.165) is 35.8 Å². The van der Waals surface area contributed by atoms with Gasteiger partial charge in [-0.15, -0.1) is 0 Å². The van der Waals surface area contributed by atoms with E-state index in [1.807, 2.05) is 12.1 Å². The van der Waals surface area contributed by atoms with E-state index in [1.165, 1.54) is 11.1 Å². The molecule has 0 saturated heterocycles. The van der Waals surface area contributed by atoms with Crippen molar-refractivity contribution >= 4 is 0 Å². The maximum absolute atomic E-state index is 6.03. The second kappa shape index (κ2) is 9.51. The number of ether oxygens (including phenoxy) is 3. The maximum Gasteiger partial charge on any atom is 0.126 e. The molecule has 0 amide bonds. The monoisotopic (exact) mass is 356 g/mol. The molecule has 142 valence electrons. The lowest BCUT2D eigenvalue weighted by atomic mass is 10.0. The molecule has 0 N–H and O–H groups in total. The van der Waals surface area contributed by atoms with Gasteiger partial charge in [0.15, 0.2) is 0 Å². The van der Waals surface area contributed by atoms with Crippen molar-refractivity contribution in [2.24, 2.45) is 11.8 Å². The average molecular weight is 357 g/mol. The fourth-order valence-electron chi connectivity index (χ4n) is 2.59. The summed E-state index contributed by atoms with van der Waals surface area (Å²) in [7, 11) is 1.68. The summed E-state index contributed by atoms with van der Waals surface area (Å²) in [4.78, 5) is 0. The molecular weight excluding hydrogens is 324 g/mol. The first kappa shape index (κ1) is 20.2. The molecular formula is C23H32O3. The molecule has 0 radical (unpaired) electrons. The van der Waals surface area contributed by atoms with E-state index in [4.69, 9.17) is 14.2 Å². The van der Waals surface area contributed by atoms with Gasteiger partial charge in [-0.25, -0.2) is 0 Å². The van der Waals surface area contributed by atoms with E-state index in [0.29, 0.717) is 18.4 Å². The van der Waals surface area contributed by atoms with Crippen LogP contribution in [0.4, 0.5) is 0 Å². The summed E-state index contributed by atoms with van der Waals surface area (Å²) in [5, 5.41) is 0. The third-order valence-corrected chi connectivity index (χ3v) is 4.07. The largest absolute Gasteiger partial charge is 0.497 e. The zero-order chi connectivity index (χ0) is 19.1. The highest BCUT2D eigenvalue weighted by Crippen LogP contribution is 2.29. The molecule has 26 heavy (non-hydrogen) atoms. The number of hydrogen-bond donors (Lipinski definition) is 0. The number of rotatable bonds is 9. The van der Waals surface area contributed by atoms with Gasteiger partial charge in [0.2, 0.25) is 0 Å². The Morgan fingerprint density at radius 1 is 0.808 bits per heavy atom. The van der Waals surface area contributed by atoms with Crippen molar-refractivity contribution in [2.45, 2.75) is 41.0 Å². The molecule has 0 atom stereocenters. The van der Waals surface area contributed by atoms with Crippen LogP contribution in [0.3, 0.4) is 0 Å². The standard InChI is InChI=1S/C23H32O3/c1-16(2)14-25-22-12-19(8-7-18(22)5)11-20-9-10-21(24-6)13-23(20)26-15-17(3)4/h7-10,12-13,16-17H,11,14-15H2,1-6H3. The fraction of sp³-hybridized carbons (Fsp3) is 0.478. The Kier molecular flexibility index (Phi) is 7.38. The van der Waals surface area contributed by atoms with E-state index >= 15 is 0 Å². The van der Waals surface area contributed by atoms with Crippen LogP contribution in [0.5, 0.6) is 17.2 Å². The van der Waals surface area contributed by atoms with Crippen molar-refractivity contribution in [1.82, 2.24) is 0 Å². The van der Waals surface area contributed by atoms with Gasteiger partial charge in [-0.1, -0.05) is 45.9 Å². The molecule has 0 heterocycles. The van der Waals surface area contributed by atoms with Crippen molar-refractivity contribution in [1.29, 1.82) is 0 Å². The molecule has 3 heteroatoms. The summed E-state index contributed by atoms with van der Waals surface area (Å²) in [5.41, 5.74) is 3.54. The molecule has 2 aromatic rings. The van der Waals surface area contributed by atoms with E-state index < -0.39 is 0 Å². The normalized spacial score (nSPS) is 11.1. The Morgan fingerprint density at radius 2 is 1.46 bits per heavy atom. The zero-order valence-electron chi connectivity index (χ0n) is 17.0. The first-order valence-corrected chi connectivity index (χ1v) is 9.41. The molecule has 0 aliphatic rings. The zero-order valence-corrected chi connectivity index (χ0v) is 17.0. The van der Waals surface area contributed by atoms with Gasteiger partial charge in [-0.2, -0.15) is 0 Å². The highest BCUT2D eigenvalue weighted by Gasteiger charge is 2.10. The number of methoxy groups -OCH3 is 1. The average Bonchev–Trinajstić information content (AvgIpc) is 2.61. The fourth-order valence-corrected chi connectivity index (χ4v) is 2.59. The van der Waals surface area contributed by atoms with E-state index in [-0.39, 0.29) is 0 Å². The lowest BCUT2D eigenvalue weighted by Gasteiger charge is -2.16. The van der Waals surface area contributed by atoms with Crippen LogP contribution in [0.1, 0.15) is 44.4 Å². The molecule has 2 rings (SSSR count). The molecule has 0 aliphatic carbocycles. The molecule has 0 saturated carbocycles. The molecule has 0 spiro atoms. The van der Waals surface area contributed by atoms with Crippen molar-refractivity contribution in [3.8, 4) is 17.2 Å². The highest BCUT2D eigenvalue weighted by atomic mass is 16.5. The molecule has 0 bridgehead atoms. The summed E-state index contributed by atoms with van der Waals surface area (Å²) in [6.45, 7) is 12.1. The molecule has 0 aliphatic heterocycles.